The minimum absolute atomic E-state index is 0. The van der Waals surface area contributed by atoms with Crippen LogP contribution in [0.25, 0.3) is 0 Å². The number of ether oxygens (including phenoxy) is 1. The van der Waals surface area contributed by atoms with Gasteiger partial charge in [-0.25, -0.2) is 4.98 Å². The van der Waals surface area contributed by atoms with Crippen molar-refractivity contribution in [3.05, 3.63) is 52.0 Å². The molecule has 8 heteroatoms. The number of aromatic nitrogens is 1. The summed E-state index contributed by atoms with van der Waals surface area (Å²) in [4.78, 5) is 11.5. The molecule has 32 heavy (non-hydrogen) atoms. The van der Waals surface area contributed by atoms with Crippen molar-refractivity contribution in [3.8, 4) is 0 Å². The van der Waals surface area contributed by atoms with E-state index in [9.17, 15) is 0 Å². The molecule has 1 aromatic carbocycles. The molecule has 0 radical (unpaired) electrons. The molecule has 1 unspecified atom stereocenters. The van der Waals surface area contributed by atoms with Gasteiger partial charge in [-0.3, -0.25) is 9.89 Å². The van der Waals surface area contributed by atoms with E-state index >= 15 is 0 Å². The number of aryl methyl sites for hydroxylation is 1. The molecule has 6 nitrogen and oxygen atoms in total. The van der Waals surface area contributed by atoms with Crippen LogP contribution >= 0.6 is 35.3 Å². The van der Waals surface area contributed by atoms with Gasteiger partial charge in [0.05, 0.1) is 23.9 Å². The molecule has 1 aliphatic heterocycles. The number of nitrogens with one attached hydrogen (secondary N) is 2. The van der Waals surface area contributed by atoms with Gasteiger partial charge in [0, 0.05) is 32.1 Å². The Morgan fingerprint density at radius 2 is 2.00 bits per heavy atom. The van der Waals surface area contributed by atoms with Crippen LogP contribution in [0.2, 0.25) is 0 Å². The number of benzene rings is 1. The van der Waals surface area contributed by atoms with E-state index in [0.29, 0.717) is 18.4 Å². The standard InChI is InChI=1S/C24H37N5OS.HI/c1-19(16-30-17-22-7-5-4-6-8-22)13-26-24(25-3)27-14-21-9-11-29(12-10-21)15-23-18-31-20(2)28-23;/h4-8,18-19,21H,9-17H2,1-3H3,(H2,25,26,27);1H. The lowest BCUT2D eigenvalue weighted by Gasteiger charge is -2.31. The molecule has 0 amide bonds. The molecule has 0 spiro atoms. The number of hydrogen-bond donors (Lipinski definition) is 2. The zero-order valence-corrected chi connectivity index (χ0v) is 22.7. The first-order chi connectivity index (χ1) is 15.1. The zero-order chi connectivity index (χ0) is 21.9. The molecule has 178 valence electrons. The Balaban J connectivity index is 0.00000363. The van der Waals surface area contributed by atoms with Gasteiger partial charge in [-0.15, -0.1) is 35.3 Å². The molecule has 2 N–H and O–H groups in total. The Labute approximate surface area is 214 Å². The fraction of sp³-hybridized carbons (Fsp3) is 0.583. The second-order valence-corrected chi connectivity index (χ2v) is 9.58. The fourth-order valence-corrected chi connectivity index (χ4v) is 4.41. The summed E-state index contributed by atoms with van der Waals surface area (Å²) >= 11 is 1.74. The molecule has 1 atom stereocenters. The van der Waals surface area contributed by atoms with Crippen molar-refractivity contribution >= 4 is 41.3 Å². The molecule has 2 aromatic rings. The van der Waals surface area contributed by atoms with Gasteiger partial charge in [0.15, 0.2) is 5.96 Å². The lowest BCUT2D eigenvalue weighted by Crippen LogP contribution is -2.44. The van der Waals surface area contributed by atoms with Gasteiger partial charge >= 0.3 is 0 Å². The number of thiazole rings is 1. The lowest BCUT2D eigenvalue weighted by atomic mass is 9.97. The van der Waals surface area contributed by atoms with Crippen molar-refractivity contribution in [2.45, 2.75) is 39.8 Å². The van der Waals surface area contributed by atoms with Crippen molar-refractivity contribution in [3.63, 3.8) is 0 Å². The lowest BCUT2D eigenvalue weighted by molar-refractivity contribution is 0.0931. The summed E-state index contributed by atoms with van der Waals surface area (Å²) in [6.07, 6.45) is 2.44. The van der Waals surface area contributed by atoms with Crippen molar-refractivity contribution < 1.29 is 4.74 Å². The number of nitrogens with zero attached hydrogens (tertiary/aromatic N) is 3. The first-order valence-corrected chi connectivity index (χ1v) is 12.2. The maximum Gasteiger partial charge on any atom is 0.190 e. The highest BCUT2D eigenvalue weighted by Gasteiger charge is 2.20. The van der Waals surface area contributed by atoms with Crippen LogP contribution in [0.15, 0.2) is 40.7 Å². The summed E-state index contributed by atoms with van der Waals surface area (Å²) < 4.78 is 5.85. The Bertz CT molecular complexity index is 793. The highest BCUT2D eigenvalue weighted by molar-refractivity contribution is 14.0. The molecular formula is C24H38IN5OS. The predicted octanol–water partition coefficient (Wildman–Crippen LogP) is 4.30. The topological polar surface area (TPSA) is 61.8 Å². The number of guanidine groups is 1. The summed E-state index contributed by atoms with van der Waals surface area (Å²) in [5.41, 5.74) is 2.43. The highest BCUT2D eigenvalue weighted by atomic mass is 127. The smallest absolute Gasteiger partial charge is 0.190 e. The molecule has 1 fully saturated rings. The maximum absolute atomic E-state index is 5.85. The summed E-state index contributed by atoms with van der Waals surface area (Å²) in [5, 5.41) is 10.3. The monoisotopic (exact) mass is 571 g/mol. The average Bonchev–Trinajstić information content (AvgIpc) is 3.20. The average molecular weight is 572 g/mol. The molecule has 0 aliphatic carbocycles. The Hall–Kier alpha value is -1.23. The van der Waals surface area contributed by atoms with Gasteiger partial charge in [-0.2, -0.15) is 0 Å². The van der Waals surface area contributed by atoms with Gasteiger partial charge in [0.2, 0.25) is 0 Å². The summed E-state index contributed by atoms with van der Waals surface area (Å²) in [5.74, 6) is 1.99. The normalized spacial score (nSPS) is 16.4. The van der Waals surface area contributed by atoms with E-state index in [2.05, 4.69) is 56.9 Å². The van der Waals surface area contributed by atoms with E-state index in [1.807, 2.05) is 25.2 Å². The van der Waals surface area contributed by atoms with E-state index in [1.54, 1.807) is 11.3 Å². The second kappa shape index (κ2) is 14.8. The fourth-order valence-electron chi connectivity index (χ4n) is 3.80. The quantitative estimate of drug-likeness (QED) is 0.253. The van der Waals surface area contributed by atoms with Gasteiger partial charge in [0.25, 0.3) is 0 Å². The van der Waals surface area contributed by atoms with Crippen LogP contribution in [0.1, 0.15) is 36.0 Å². The van der Waals surface area contributed by atoms with Crippen LogP contribution in [-0.2, 0) is 17.9 Å². The van der Waals surface area contributed by atoms with Crippen LogP contribution < -0.4 is 10.6 Å². The van der Waals surface area contributed by atoms with Crippen LogP contribution in [0, 0.1) is 18.8 Å². The summed E-state index contributed by atoms with van der Waals surface area (Å²) in [7, 11) is 1.84. The molecule has 2 heterocycles. The zero-order valence-electron chi connectivity index (χ0n) is 19.5. The Morgan fingerprint density at radius 3 is 2.66 bits per heavy atom. The van der Waals surface area contributed by atoms with Crippen molar-refractivity contribution in [2.75, 3.05) is 39.8 Å². The first-order valence-electron chi connectivity index (χ1n) is 11.3. The van der Waals surface area contributed by atoms with Gasteiger partial charge in [-0.1, -0.05) is 37.3 Å². The number of piperidine rings is 1. The maximum atomic E-state index is 5.85. The number of likely N-dealkylation sites (tertiary alicyclic amines) is 1. The van der Waals surface area contributed by atoms with Gasteiger partial charge < -0.3 is 15.4 Å². The number of aliphatic imine (C=N–C) groups is 1. The van der Waals surface area contributed by atoms with E-state index in [1.165, 1.54) is 24.1 Å². The Morgan fingerprint density at radius 1 is 1.25 bits per heavy atom. The van der Waals surface area contributed by atoms with Crippen LogP contribution in [0.3, 0.4) is 0 Å². The third-order valence-electron chi connectivity index (χ3n) is 5.67. The predicted molar refractivity (Wildman–Crippen MR) is 145 cm³/mol. The number of halogens is 1. The van der Waals surface area contributed by atoms with Crippen LogP contribution in [0.4, 0.5) is 0 Å². The van der Waals surface area contributed by atoms with Gasteiger partial charge in [-0.05, 0) is 50.3 Å². The molecule has 1 saturated heterocycles. The minimum Gasteiger partial charge on any atom is -0.376 e. The number of rotatable bonds is 10. The second-order valence-electron chi connectivity index (χ2n) is 8.52. The third-order valence-corrected chi connectivity index (χ3v) is 6.50. The van der Waals surface area contributed by atoms with Crippen molar-refractivity contribution in [2.24, 2.45) is 16.8 Å². The largest absolute Gasteiger partial charge is 0.376 e. The van der Waals surface area contributed by atoms with E-state index in [-0.39, 0.29) is 24.0 Å². The molecule has 0 saturated carbocycles. The Kier molecular flexibility index (Phi) is 12.5. The molecule has 0 bridgehead atoms. The van der Waals surface area contributed by atoms with E-state index in [0.717, 1.165) is 50.3 Å². The summed E-state index contributed by atoms with van der Waals surface area (Å²) in [6.45, 7) is 10.8. The molecule has 1 aromatic heterocycles. The molecular weight excluding hydrogens is 533 g/mol. The highest BCUT2D eigenvalue weighted by Crippen LogP contribution is 2.19. The minimum atomic E-state index is 0. The third kappa shape index (κ3) is 9.72. The van der Waals surface area contributed by atoms with Crippen LogP contribution in [0.5, 0.6) is 0 Å². The van der Waals surface area contributed by atoms with Crippen molar-refractivity contribution in [1.29, 1.82) is 0 Å². The molecule has 1 aliphatic rings. The van der Waals surface area contributed by atoms with Crippen LogP contribution in [-0.4, -0.2) is 55.7 Å². The first kappa shape index (κ1) is 27.0. The number of hydrogen-bond acceptors (Lipinski definition) is 5. The van der Waals surface area contributed by atoms with E-state index in [4.69, 9.17) is 4.74 Å². The molecule has 3 rings (SSSR count). The van der Waals surface area contributed by atoms with E-state index < -0.39 is 0 Å². The SMILES string of the molecule is CN=C(NCC(C)COCc1ccccc1)NCC1CCN(Cc2csc(C)n2)CC1.I. The summed E-state index contributed by atoms with van der Waals surface area (Å²) in [6, 6.07) is 10.3. The van der Waals surface area contributed by atoms with Crippen molar-refractivity contribution in [1.82, 2.24) is 20.5 Å². The van der Waals surface area contributed by atoms with Gasteiger partial charge in [0.1, 0.15) is 0 Å².